The van der Waals surface area contributed by atoms with Crippen molar-refractivity contribution in [1.29, 1.82) is 0 Å². The molecule has 1 rings (SSSR count). The highest BCUT2D eigenvalue weighted by Gasteiger charge is 2.08. The summed E-state index contributed by atoms with van der Waals surface area (Å²) in [6.45, 7) is 0. The molecule has 0 amide bonds. The van der Waals surface area contributed by atoms with Gasteiger partial charge in [-0.25, -0.2) is 8.42 Å². The monoisotopic (exact) mass is 222 g/mol. The zero-order valence-corrected chi connectivity index (χ0v) is 7.79. The molecule has 0 spiro atoms. The van der Waals surface area contributed by atoms with Crippen molar-refractivity contribution < 1.29 is 13.6 Å². The van der Waals surface area contributed by atoms with E-state index < -0.39 is 9.05 Å². The lowest BCUT2D eigenvalue weighted by Gasteiger charge is -2.21. The largest absolute Gasteiger partial charge is 0.733 e. The first-order chi connectivity index (χ1) is 5.91. The van der Waals surface area contributed by atoms with Gasteiger partial charge in [-0.1, -0.05) is 0 Å². The van der Waals surface area contributed by atoms with Crippen LogP contribution in [0.15, 0.2) is 29.2 Å². The Morgan fingerprint density at radius 3 is 2.08 bits per heavy atom. The van der Waals surface area contributed by atoms with E-state index in [1.54, 1.807) is 0 Å². The van der Waals surface area contributed by atoms with Crippen molar-refractivity contribution in [1.82, 2.24) is 0 Å². The molecule has 1 aromatic rings. The van der Waals surface area contributed by atoms with E-state index in [0.29, 0.717) is 0 Å². The highest BCUT2D eigenvalue weighted by molar-refractivity contribution is 8.13. The fourth-order valence-electron chi connectivity index (χ4n) is 0.736. The molecule has 1 N–H and O–H groups in total. The molecule has 0 heterocycles. The average molecular weight is 223 g/mol. The SMILES string of the molecule is O=S(=O)(Cl)c1ccc(N([O-])O)cc1. The van der Waals surface area contributed by atoms with Gasteiger partial charge in [0.05, 0.1) is 10.6 Å². The van der Waals surface area contributed by atoms with Gasteiger partial charge in [-0.3, -0.25) is 5.21 Å². The number of nitrogens with zero attached hydrogens (tertiary/aromatic N) is 1. The van der Waals surface area contributed by atoms with E-state index in [0.717, 1.165) is 24.3 Å². The lowest BCUT2D eigenvalue weighted by molar-refractivity contribution is 0.296. The lowest BCUT2D eigenvalue weighted by Crippen LogP contribution is -2.06. The topological polar surface area (TPSA) is 80.7 Å². The van der Waals surface area contributed by atoms with E-state index in [1.165, 1.54) is 0 Å². The first-order valence-corrected chi connectivity index (χ1v) is 5.43. The Morgan fingerprint density at radius 1 is 1.31 bits per heavy atom. The molecule has 0 aliphatic heterocycles. The second-order valence-corrected chi connectivity index (χ2v) is 4.77. The van der Waals surface area contributed by atoms with E-state index in [9.17, 15) is 13.6 Å². The predicted octanol–water partition coefficient (Wildman–Crippen LogP) is 1.31. The van der Waals surface area contributed by atoms with Gasteiger partial charge in [0.25, 0.3) is 9.05 Å². The summed E-state index contributed by atoms with van der Waals surface area (Å²) in [5.74, 6) is 0. The van der Waals surface area contributed by atoms with E-state index in [1.807, 2.05) is 0 Å². The van der Waals surface area contributed by atoms with Crippen LogP contribution in [-0.2, 0) is 9.05 Å². The minimum Gasteiger partial charge on any atom is -0.733 e. The standard InChI is InChI=1S/C6H5ClNO4S/c7-13(11,12)6-3-1-5(2-4-6)8(9)10/h1-4,9H/q-1. The molecule has 5 nitrogen and oxygen atoms in total. The van der Waals surface area contributed by atoms with Gasteiger partial charge in [-0.15, -0.1) is 0 Å². The predicted molar refractivity (Wildman–Crippen MR) is 47.1 cm³/mol. The second-order valence-electron chi connectivity index (χ2n) is 2.20. The van der Waals surface area contributed by atoms with Crippen molar-refractivity contribution >= 4 is 25.4 Å². The summed E-state index contributed by atoms with van der Waals surface area (Å²) >= 11 is 0. The Bertz CT molecular complexity index is 386. The maximum Gasteiger partial charge on any atom is 0.261 e. The zero-order valence-electron chi connectivity index (χ0n) is 6.21. The Labute approximate surface area is 79.1 Å². The van der Waals surface area contributed by atoms with E-state index in [4.69, 9.17) is 15.9 Å². The molecule has 0 saturated carbocycles. The molecular formula is C6H5ClNO4S-. The number of anilines is 1. The van der Waals surface area contributed by atoms with Crippen LogP contribution in [0.25, 0.3) is 0 Å². The third kappa shape index (κ3) is 2.56. The highest BCUT2D eigenvalue weighted by atomic mass is 35.7. The minimum absolute atomic E-state index is 0.0657. The number of rotatable bonds is 2. The Balaban J connectivity index is 3.08. The third-order valence-electron chi connectivity index (χ3n) is 1.34. The first kappa shape index (κ1) is 10.3. The van der Waals surface area contributed by atoms with Crippen LogP contribution in [0, 0.1) is 5.21 Å². The second kappa shape index (κ2) is 3.51. The van der Waals surface area contributed by atoms with Gasteiger partial charge >= 0.3 is 0 Å². The van der Waals surface area contributed by atoms with Crippen LogP contribution >= 0.6 is 10.7 Å². The Morgan fingerprint density at radius 2 is 1.77 bits per heavy atom. The molecular weight excluding hydrogens is 218 g/mol. The fraction of sp³-hybridized carbons (Fsp3) is 0. The summed E-state index contributed by atoms with van der Waals surface area (Å²) in [7, 11) is 1.23. The summed E-state index contributed by atoms with van der Waals surface area (Å²) in [6.07, 6.45) is 0. The van der Waals surface area contributed by atoms with Gasteiger partial charge in [0.15, 0.2) is 0 Å². The minimum atomic E-state index is -3.78. The molecule has 0 atom stereocenters. The average Bonchev–Trinajstić information content (AvgIpc) is 2.03. The van der Waals surface area contributed by atoms with Gasteiger partial charge in [0.2, 0.25) is 0 Å². The number of benzene rings is 1. The molecule has 72 valence electrons. The molecule has 7 heteroatoms. The van der Waals surface area contributed by atoms with Crippen LogP contribution in [0.4, 0.5) is 5.69 Å². The molecule has 0 saturated heterocycles. The number of hydrogen-bond acceptors (Lipinski definition) is 5. The van der Waals surface area contributed by atoms with Gasteiger partial charge in [0.1, 0.15) is 0 Å². The highest BCUT2D eigenvalue weighted by Crippen LogP contribution is 2.18. The van der Waals surface area contributed by atoms with Crippen LogP contribution in [-0.4, -0.2) is 13.6 Å². The number of halogens is 1. The van der Waals surface area contributed by atoms with Crippen molar-refractivity contribution in [3.63, 3.8) is 0 Å². The van der Waals surface area contributed by atoms with E-state index in [2.05, 4.69) is 0 Å². The molecule has 0 fully saturated rings. The summed E-state index contributed by atoms with van der Waals surface area (Å²) < 4.78 is 21.5. The summed E-state index contributed by atoms with van der Waals surface area (Å²) in [4.78, 5) is -0.125. The van der Waals surface area contributed by atoms with E-state index in [-0.39, 0.29) is 15.8 Å². The van der Waals surface area contributed by atoms with Crippen LogP contribution < -0.4 is 5.23 Å². The summed E-state index contributed by atoms with van der Waals surface area (Å²) in [5, 5.41) is 18.3. The van der Waals surface area contributed by atoms with Crippen LogP contribution in [0.3, 0.4) is 0 Å². The fourth-order valence-corrected chi connectivity index (χ4v) is 1.51. The van der Waals surface area contributed by atoms with Crippen LogP contribution in [0.2, 0.25) is 0 Å². The van der Waals surface area contributed by atoms with Crippen LogP contribution in [0.1, 0.15) is 0 Å². The van der Waals surface area contributed by atoms with Gasteiger partial charge in [0, 0.05) is 10.7 Å². The van der Waals surface area contributed by atoms with Crippen LogP contribution in [0.5, 0.6) is 0 Å². The summed E-state index contributed by atoms with van der Waals surface area (Å²) in [5.41, 5.74) is -0.0657. The molecule has 1 aromatic carbocycles. The molecule has 0 aliphatic carbocycles. The molecule has 13 heavy (non-hydrogen) atoms. The molecule has 0 radical (unpaired) electrons. The van der Waals surface area contributed by atoms with Crippen molar-refractivity contribution in [2.45, 2.75) is 4.90 Å². The Hall–Kier alpha value is -0.820. The molecule has 0 aliphatic rings. The van der Waals surface area contributed by atoms with Crippen molar-refractivity contribution in [2.75, 3.05) is 5.23 Å². The first-order valence-electron chi connectivity index (χ1n) is 3.12. The normalized spacial score (nSPS) is 11.3. The number of hydrogen-bond donors (Lipinski definition) is 1. The molecule has 0 unspecified atom stereocenters. The lowest BCUT2D eigenvalue weighted by atomic mass is 10.3. The maximum absolute atomic E-state index is 10.7. The molecule has 0 aromatic heterocycles. The third-order valence-corrected chi connectivity index (χ3v) is 2.71. The quantitative estimate of drug-likeness (QED) is 0.603. The van der Waals surface area contributed by atoms with Gasteiger partial charge < -0.3 is 10.4 Å². The van der Waals surface area contributed by atoms with Crippen molar-refractivity contribution in [3.8, 4) is 0 Å². The Kier molecular flexibility index (Phi) is 2.77. The summed E-state index contributed by atoms with van der Waals surface area (Å²) in [6, 6.07) is 4.53. The van der Waals surface area contributed by atoms with Crippen molar-refractivity contribution in [3.05, 3.63) is 29.5 Å². The van der Waals surface area contributed by atoms with Gasteiger partial charge in [-0.2, -0.15) is 0 Å². The van der Waals surface area contributed by atoms with E-state index >= 15 is 0 Å². The molecule has 0 bridgehead atoms. The maximum atomic E-state index is 10.7. The zero-order chi connectivity index (χ0) is 10.1. The van der Waals surface area contributed by atoms with Gasteiger partial charge in [-0.05, 0) is 24.3 Å². The smallest absolute Gasteiger partial charge is 0.261 e. The van der Waals surface area contributed by atoms with Crippen molar-refractivity contribution in [2.24, 2.45) is 0 Å².